The van der Waals surface area contributed by atoms with Gasteiger partial charge < -0.3 is 10.0 Å². The van der Waals surface area contributed by atoms with Crippen LogP contribution < -0.4 is 4.90 Å². The molecule has 5 heteroatoms. The maximum atomic E-state index is 10.9. The zero-order valence-corrected chi connectivity index (χ0v) is 19.4. The SMILES string of the molecule is O=Cc1ccc(-c2ccc(N=Nc3ccc(N(c4ccccc4)c4ccccc4)cc3)cc2)cc1O. The van der Waals surface area contributed by atoms with Crippen molar-refractivity contribution in [3.63, 3.8) is 0 Å². The quantitative estimate of drug-likeness (QED) is 0.191. The molecule has 0 heterocycles. The van der Waals surface area contributed by atoms with Crippen molar-refractivity contribution in [2.75, 3.05) is 4.90 Å². The Labute approximate surface area is 209 Å². The molecule has 0 aliphatic heterocycles. The van der Waals surface area contributed by atoms with E-state index in [1.807, 2.05) is 84.9 Å². The van der Waals surface area contributed by atoms with Gasteiger partial charge in [0.05, 0.1) is 16.9 Å². The van der Waals surface area contributed by atoms with E-state index in [1.54, 1.807) is 18.2 Å². The Morgan fingerprint density at radius 2 is 1.03 bits per heavy atom. The Morgan fingerprint density at radius 3 is 1.53 bits per heavy atom. The summed E-state index contributed by atoms with van der Waals surface area (Å²) in [5.41, 5.74) is 6.64. The van der Waals surface area contributed by atoms with Crippen molar-refractivity contribution in [2.45, 2.75) is 0 Å². The summed E-state index contributed by atoms with van der Waals surface area (Å²) in [6.07, 6.45) is 0.635. The number of hydrogen-bond donors (Lipinski definition) is 1. The lowest BCUT2D eigenvalue weighted by molar-refractivity contribution is 0.112. The molecule has 5 aromatic carbocycles. The molecule has 0 saturated heterocycles. The number of phenols is 1. The summed E-state index contributed by atoms with van der Waals surface area (Å²) >= 11 is 0. The average molecular weight is 470 g/mol. The van der Waals surface area contributed by atoms with Crippen LogP contribution >= 0.6 is 0 Å². The fourth-order valence-corrected chi connectivity index (χ4v) is 3.93. The van der Waals surface area contributed by atoms with Crippen LogP contribution in [0, 0.1) is 0 Å². The van der Waals surface area contributed by atoms with Crippen LogP contribution in [-0.2, 0) is 0 Å². The number of carbonyl (C=O) groups excluding carboxylic acids is 1. The Hall–Kier alpha value is -5.03. The van der Waals surface area contributed by atoms with Crippen molar-refractivity contribution < 1.29 is 9.90 Å². The van der Waals surface area contributed by atoms with Crippen LogP contribution in [0.1, 0.15) is 10.4 Å². The second-order valence-corrected chi connectivity index (χ2v) is 8.16. The molecule has 0 bridgehead atoms. The van der Waals surface area contributed by atoms with Gasteiger partial charge in [-0.2, -0.15) is 10.2 Å². The van der Waals surface area contributed by atoms with Gasteiger partial charge in [0, 0.05) is 17.1 Å². The number of nitrogens with zero attached hydrogens (tertiary/aromatic N) is 3. The lowest BCUT2D eigenvalue weighted by atomic mass is 10.0. The van der Waals surface area contributed by atoms with Crippen LogP contribution in [0.15, 0.2) is 138 Å². The maximum Gasteiger partial charge on any atom is 0.153 e. The number of aldehydes is 1. The van der Waals surface area contributed by atoms with Gasteiger partial charge in [0.25, 0.3) is 0 Å². The Bertz CT molecular complexity index is 1440. The minimum atomic E-state index is -0.0344. The number of anilines is 3. The largest absolute Gasteiger partial charge is 0.507 e. The zero-order valence-electron chi connectivity index (χ0n) is 19.4. The molecule has 36 heavy (non-hydrogen) atoms. The molecule has 5 nitrogen and oxygen atoms in total. The van der Waals surface area contributed by atoms with Gasteiger partial charge in [-0.1, -0.05) is 54.6 Å². The van der Waals surface area contributed by atoms with Gasteiger partial charge in [-0.25, -0.2) is 0 Å². The molecular formula is C31H23N3O2. The fourth-order valence-electron chi connectivity index (χ4n) is 3.93. The molecule has 5 aromatic rings. The van der Waals surface area contributed by atoms with E-state index in [2.05, 4.69) is 39.4 Å². The average Bonchev–Trinajstić information content (AvgIpc) is 2.94. The highest BCUT2D eigenvalue weighted by molar-refractivity contribution is 5.81. The topological polar surface area (TPSA) is 65.3 Å². The molecule has 0 saturated carbocycles. The number of para-hydroxylation sites is 2. The van der Waals surface area contributed by atoms with Crippen molar-refractivity contribution in [3.8, 4) is 16.9 Å². The minimum absolute atomic E-state index is 0.0344. The number of aromatic hydroxyl groups is 1. The summed E-state index contributed by atoms with van der Waals surface area (Å²) in [6.45, 7) is 0. The molecule has 0 aromatic heterocycles. The summed E-state index contributed by atoms with van der Waals surface area (Å²) in [5.74, 6) is -0.0344. The van der Waals surface area contributed by atoms with Gasteiger partial charge in [0.15, 0.2) is 6.29 Å². The summed E-state index contributed by atoms with van der Waals surface area (Å²) in [5, 5.41) is 18.7. The minimum Gasteiger partial charge on any atom is -0.507 e. The number of benzene rings is 5. The highest BCUT2D eigenvalue weighted by Gasteiger charge is 2.11. The number of azo groups is 1. The molecule has 0 amide bonds. The first-order valence-corrected chi connectivity index (χ1v) is 11.5. The van der Waals surface area contributed by atoms with E-state index >= 15 is 0 Å². The summed E-state index contributed by atoms with van der Waals surface area (Å²) in [7, 11) is 0. The monoisotopic (exact) mass is 469 g/mol. The van der Waals surface area contributed by atoms with Crippen LogP contribution in [0.3, 0.4) is 0 Å². The molecule has 0 fully saturated rings. The zero-order chi connectivity index (χ0) is 24.7. The van der Waals surface area contributed by atoms with Gasteiger partial charge >= 0.3 is 0 Å². The number of phenolic OH excluding ortho intramolecular Hbond substituents is 1. The van der Waals surface area contributed by atoms with Gasteiger partial charge in [0.2, 0.25) is 0 Å². The Kier molecular flexibility index (Phi) is 6.63. The van der Waals surface area contributed by atoms with E-state index in [0.717, 1.165) is 33.9 Å². The first kappa shape index (κ1) is 22.7. The third-order valence-electron chi connectivity index (χ3n) is 5.78. The number of rotatable bonds is 7. The molecule has 174 valence electrons. The van der Waals surface area contributed by atoms with Crippen LogP contribution in [-0.4, -0.2) is 11.4 Å². The predicted octanol–water partition coefficient (Wildman–Crippen LogP) is 8.76. The van der Waals surface area contributed by atoms with E-state index in [1.165, 1.54) is 0 Å². The lowest BCUT2D eigenvalue weighted by Crippen LogP contribution is -2.09. The molecule has 0 aliphatic rings. The summed E-state index contributed by atoms with van der Waals surface area (Å²) < 4.78 is 0. The van der Waals surface area contributed by atoms with Crippen molar-refractivity contribution in [3.05, 3.63) is 133 Å². The fraction of sp³-hybridized carbons (Fsp3) is 0. The van der Waals surface area contributed by atoms with Crippen LogP contribution in [0.2, 0.25) is 0 Å². The Morgan fingerprint density at radius 1 is 0.556 bits per heavy atom. The van der Waals surface area contributed by atoms with Gasteiger partial charge in [-0.05, 0) is 83.9 Å². The van der Waals surface area contributed by atoms with Crippen LogP contribution in [0.5, 0.6) is 5.75 Å². The second kappa shape index (κ2) is 10.5. The van der Waals surface area contributed by atoms with Crippen molar-refractivity contribution in [2.24, 2.45) is 10.2 Å². The molecular weight excluding hydrogens is 446 g/mol. The molecule has 0 aliphatic carbocycles. The maximum absolute atomic E-state index is 10.9. The smallest absolute Gasteiger partial charge is 0.153 e. The number of hydrogen-bond acceptors (Lipinski definition) is 5. The summed E-state index contributed by atoms with van der Waals surface area (Å²) in [6, 6.07) is 41.0. The Balaban J connectivity index is 1.34. The van der Waals surface area contributed by atoms with Gasteiger partial charge in [0.1, 0.15) is 5.75 Å². The van der Waals surface area contributed by atoms with Crippen LogP contribution in [0.4, 0.5) is 28.4 Å². The standard InChI is InChI=1S/C31H23N3O2/c35-22-25-12-11-24(21-31(25)36)23-13-15-26(16-14-23)32-33-27-17-19-30(20-18-27)34(28-7-3-1-4-8-28)29-9-5-2-6-10-29/h1-22,36H. The predicted molar refractivity (Wildman–Crippen MR) is 144 cm³/mol. The van der Waals surface area contributed by atoms with E-state index < -0.39 is 0 Å². The van der Waals surface area contributed by atoms with Crippen molar-refractivity contribution >= 4 is 34.7 Å². The van der Waals surface area contributed by atoms with E-state index in [9.17, 15) is 9.90 Å². The normalized spacial score (nSPS) is 10.9. The van der Waals surface area contributed by atoms with Crippen molar-refractivity contribution in [1.82, 2.24) is 0 Å². The second-order valence-electron chi connectivity index (χ2n) is 8.16. The van der Waals surface area contributed by atoms with E-state index in [0.29, 0.717) is 12.0 Å². The van der Waals surface area contributed by atoms with E-state index in [4.69, 9.17) is 0 Å². The highest BCUT2D eigenvalue weighted by atomic mass is 16.3. The number of carbonyl (C=O) groups is 1. The van der Waals surface area contributed by atoms with Gasteiger partial charge in [-0.15, -0.1) is 0 Å². The first-order chi connectivity index (χ1) is 17.7. The van der Waals surface area contributed by atoms with Crippen molar-refractivity contribution in [1.29, 1.82) is 0 Å². The third kappa shape index (κ3) is 5.05. The van der Waals surface area contributed by atoms with E-state index in [-0.39, 0.29) is 11.3 Å². The van der Waals surface area contributed by atoms with Gasteiger partial charge in [-0.3, -0.25) is 4.79 Å². The summed E-state index contributed by atoms with van der Waals surface area (Å²) in [4.78, 5) is 13.1. The molecule has 0 atom stereocenters. The van der Waals surface area contributed by atoms with Crippen LogP contribution in [0.25, 0.3) is 11.1 Å². The molecule has 0 unspecified atom stereocenters. The first-order valence-electron chi connectivity index (χ1n) is 11.5. The highest BCUT2D eigenvalue weighted by Crippen LogP contribution is 2.35. The third-order valence-corrected chi connectivity index (χ3v) is 5.78. The molecule has 5 rings (SSSR count). The molecule has 1 N–H and O–H groups in total. The molecule has 0 spiro atoms. The molecule has 0 radical (unpaired) electrons. The lowest BCUT2D eigenvalue weighted by Gasteiger charge is -2.25.